The first-order chi connectivity index (χ1) is 14.1. The van der Waals surface area contributed by atoms with Crippen molar-refractivity contribution in [1.82, 2.24) is 10.2 Å². The van der Waals surface area contributed by atoms with Crippen molar-refractivity contribution in [2.24, 2.45) is 5.92 Å². The van der Waals surface area contributed by atoms with Gasteiger partial charge in [-0.15, -0.1) is 0 Å². The lowest BCUT2D eigenvalue weighted by atomic mass is 9.88. The van der Waals surface area contributed by atoms with E-state index in [-0.39, 0.29) is 18.9 Å². The molecule has 0 aromatic heterocycles. The number of esters is 1. The minimum atomic E-state index is -1.16. The molecule has 2 N–H and O–H groups in total. The number of nitrogens with one attached hydrogen (secondary N) is 1. The molecule has 8 heteroatoms. The first-order valence-corrected chi connectivity index (χ1v) is 11.3. The third-order valence-corrected chi connectivity index (χ3v) is 4.98. The predicted molar refractivity (Wildman–Crippen MR) is 118 cm³/mol. The quantitative estimate of drug-likeness (QED) is 0.558. The van der Waals surface area contributed by atoms with Crippen LogP contribution in [0.2, 0.25) is 0 Å². The smallest absolute Gasteiger partial charge is 0.411 e. The molecule has 1 aliphatic heterocycles. The van der Waals surface area contributed by atoms with Crippen molar-refractivity contribution < 1.29 is 29.0 Å². The van der Waals surface area contributed by atoms with Gasteiger partial charge in [-0.1, -0.05) is 13.8 Å². The summed E-state index contributed by atoms with van der Waals surface area (Å²) in [6, 6.07) is -0.821. The van der Waals surface area contributed by atoms with Crippen LogP contribution in [0, 0.1) is 5.92 Å². The zero-order chi connectivity index (χ0) is 24.0. The van der Waals surface area contributed by atoms with Crippen LogP contribution < -0.4 is 5.32 Å². The molecule has 1 saturated heterocycles. The molecule has 1 rings (SSSR count). The number of amides is 2. The van der Waals surface area contributed by atoms with Crippen LogP contribution in [-0.2, 0) is 19.1 Å². The van der Waals surface area contributed by atoms with E-state index >= 15 is 0 Å². The number of nitrogens with zero attached hydrogens (tertiary/aromatic N) is 1. The molecule has 0 saturated carbocycles. The zero-order valence-electron chi connectivity index (χ0n) is 20.5. The number of aliphatic hydroxyl groups is 1. The Bertz CT molecular complexity index is 635. The Morgan fingerprint density at radius 2 is 1.65 bits per heavy atom. The predicted octanol–water partition coefficient (Wildman–Crippen LogP) is 3.40. The third kappa shape index (κ3) is 8.31. The van der Waals surface area contributed by atoms with E-state index in [1.807, 2.05) is 13.8 Å². The molecule has 8 nitrogen and oxygen atoms in total. The summed E-state index contributed by atoms with van der Waals surface area (Å²) in [6.45, 7) is 14.9. The van der Waals surface area contributed by atoms with E-state index in [4.69, 9.17) is 9.47 Å². The SMILES string of the molecule is CC(C)C[C@H](NC(=O)[C@]1(CCCO)CCCN1C(=O)OC(C)(C)C)C(=O)OC(C)(C)C. The lowest BCUT2D eigenvalue weighted by molar-refractivity contribution is -0.160. The van der Waals surface area contributed by atoms with Crippen LogP contribution in [0.15, 0.2) is 0 Å². The highest BCUT2D eigenvalue weighted by Crippen LogP contribution is 2.35. The Morgan fingerprint density at radius 1 is 1.06 bits per heavy atom. The fourth-order valence-electron chi connectivity index (χ4n) is 3.79. The van der Waals surface area contributed by atoms with Gasteiger partial charge < -0.3 is 19.9 Å². The number of likely N-dealkylation sites (tertiary alicyclic amines) is 1. The second-order valence-electron chi connectivity index (χ2n) is 10.8. The van der Waals surface area contributed by atoms with Gasteiger partial charge in [-0.05, 0) is 79.6 Å². The van der Waals surface area contributed by atoms with Gasteiger partial charge in [0.05, 0.1) is 0 Å². The molecule has 0 aliphatic carbocycles. The van der Waals surface area contributed by atoms with Crippen LogP contribution in [0.25, 0.3) is 0 Å². The molecule has 2 amide bonds. The molecule has 0 spiro atoms. The minimum absolute atomic E-state index is 0.0985. The number of hydrogen-bond donors (Lipinski definition) is 2. The summed E-state index contributed by atoms with van der Waals surface area (Å²) < 4.78 is 11.1. The van der Waals surface area contributed by atoms with E-state index in [1.165, 1.54) is 4.90 Å². The first-order valence-electron chi connectivity index (χ1n) is 11.3. The molecule has 0 bridgehead atoms. The molecule has 0 unspecified atom stereocenters. The second kappa shape index (κ2) is 10.7. The van der Waals surface area contributed by atoms with Crippen LogP contribution in [0.5, 0.6) is 0 Å². The summed E-state index contributed by atoms with van der Waals surface area (Å²) in [5, 5.41) is 12.3. The maximum atomic E-state index is 13.6. The van der Waals surface area contributed by atoms with Gasteiger partial charge in [0, 0.05) is 13.2 Å². The Hall–Kier alpha value is -1.83. The number of hydrogen-bond acceptors (Lipinski definition) is 6. The van der Waals surface area contributed by atoms with Crippen molar-refractivity contribution in [2.75, 3.05) is 13.2 Å². The Balaban J connectivity index is 3.18. The van der Waals surface area contributed by atoms with E-state index in [1.54, 1.807) is 41.5 Å². The van der Waals surface area contributed by atoms with E-state index in [0.29, 0.717) is 32.2 Å². The molecule has 31 heavy (non-hydrogen) atoms. The summed E-state index contributed by atoms with van der Waals surface area (Å²) in [4.78, 5) is 40.7. The van der Waals surface area contributed by atoms with Crippen LogP contribution in [-0.4, -0.2) is 63.9 Å². The van der Waals surface area contributed by atoms with Crippen molar-refractivity contribution in [3.63, 3.8) is 0 Å². The van der Waals surface area contributed by atoms with E-state index in [2.05, 4.69) is 5.32 Å². The van der Waals surface area contributed by atoms with Gasteiger partial charge in [0.1, 0.15) is 22.8 Å². The van der Waals surface area contributed by atoms with Crippen molar-refractivity contribution in [2.45, 2.75) is 110 Å². The van der Waals surface area contributed by atoms with Crippen molar-refractivity contribution in [3.05, 3.63) is 0 Å². The molecular formula is C23H42N2O6. The minimum Gasteiger partial charge on any atom is -0.458 e. The molecular weight excluding hydrogens is 400 g/mol. The topological polar surface area (TPSA) is 105 Å². The second-order valence-corrected chi connectivity index (χ2v) is 10.8. The van der Waals surface area contributed by atoms with Crippen LogP contribution in [0.3, 0.4) is 0 Å². The fourth-order valence-corrected chi connectivity index (χ4v) is 3.79. The van der Waals surface area contributed by atoms with Crippen molar-refractivity contribution >= 4 is 18.0 Å². The maximum absolute atomic E-state index is 13.6. The summed E-state index contributed by atoms with van der Waals surface area (Å²) in [6.07, 6.45) is 1.59. The highest BCUT2D eigenvalue weighted by Gasteiger charge is 2.51. The van der Waals surface area contributed by atoms with E-state index < -0.39 is 40.8 Å². The molecule has 0 aromatic rings. The number of carbonyl (C=O) groups is 3. The highest BCUT2D eigenvalue weighted by atomic mass is 16.6. The molecule has 2 atom stereocenters. The van der Waals surface area contributed by atoms with Crippen LogP contribution in [0.1, 0.15) is 87.5 Å². The third-order valence-electron chi connectivity index (χ3n) is 4.98. The zero-order valence-corrected chi connectivity index (χ0v) is 20.5. The highest BCUT2D eigenvalue weighted by molar-refractivity contribution is 5.93. The molecule has 1 heterocycles. The van der Waals surface area contributed by atoms with Gasteiger partial charge in [0.25, 0.3) is 0 Å². The maximum Gasteiger partial charge on any atom is 0.411 e. The average Bonchev–Trinajstić information content (AvgIpc) is 3.01. The monoisotopic (exact) mass is 442 g/mol. The summed E-state index contributed by atoms with van der Waals surface area (Å²) in [7, 11) is 0. The van der Waals surface area contributed by atoms with Gasteiger partial charge >= 0.3 is 12.1 Å². The summed E-state index contributed by atoms with van der Waals surface area (Å²) in [5.74, 6) is -0.744. The Kier molecular flexibility index (Phi) is 9.35. The largest absolute Gasteiger partial charge is 0.458 e. The number of carbonyl (C=O) groups excluding carboxylic acids is 3. The molecule has 1 aliphatic rings. The number of ether oxygens (including phenoxy) is 2. The first kappa shape index (κ1) is 27.2. The molecule has 180 valence electrons. The van der Waals surface area contributed by atoms with Gasteiger partial charge in [-0.3, -0.25) is 9.69 Å². The average molecular weight is 443 g/mol. The van der Waals surface area contributed by atoms with Crippen LogP contribution >= 0.6 is 0 Å². The normalized spacial score (nSPS) is 20.5. The standard InChI is InChI=1S/C23H42N2O6/c1-16(2)15-17(18(27)30-21(3,4)5)24-19(28)23(12-10-14-26)11-9-13-25(23)20(29)31-22(6,7)8/h16-17,26H,9-15H2,1-8H3,(H,24,28)/t17-,23+/m0/s1. The van der Waals surface area contributed by atoms with Crippen molar-refractivity contribution in [1.29, 1.82) is 0 Å². The molecule has 0 aromatic carbocycles. The fraction of sp³-hybridized carbons (Fsp3) is 0.870. The Labute approximate surface area is 187 Å². The summed E-state index contributed by atoms with van der Waals surface area (Å²) in [5.41, 5.74) is -2.54. The Morgan fingerprint density at radius 3 is 2.13 bits per heavy atom. The van der Waals surface area contributed by atoms with E-state index in [0.717, 1.165) is 0 Å². The van der Waals surface area contributed by atoms with E-state index in [9.17, 15) is 19.5 Å². The lowest BCUT2D eigenvalue weighted by Crippen LogP contribution is -2.61. The van der Waals surface area contributed by atoms with Gasteiger partial charge in [-0.25, -0.2) is 9.59 Å². The summed E-state index contributed by atoms with van der Waals surface area (Å²) >= 11 is 0. The van der Waals surface area contributed by atoms with Crippen LogP contribution in [0.4, 0.5) is 4.79 Å². The molecule has 1 fully saturated rings. The lowest BCUT2D eigenvalue weighted by Gasteiger charge is -2.39. The number of aliphatic hydroxyl groups excluding tert-OH is 1. The van der Waals surface area contributed by atoms with Crippen molar-refractivity contribution in [3.8, 4) is 0 Å². The molecule has 0 radical (unpaired) electrons. The van der Waals surface area contributed by atoms with Gasteiger partial charge in [0.15, 0.2) is 0 Å². The van der Waals surface area contributed by atoms with Gasteiger partial charge in [0.2, 0.25) is 5.91 Å². The van der Waals surface area contributed by atoms with Gasteiger partial charge in [-0.2, -0.15) is 0 Å². The number of rotatable bonds is 8.